The number of aliphatic hydroxyl groups is 2. The van der Waals surface area contributed by atoms with Crippen molar-refractivity contribution < 1.29 is 10.2 Å². The van der Waals surface area contributed by atoms with E-state index in [4.69, 9.17) is 11.6 Å². The summed E-state index contributed by atoms with van der Waals surface area (Å²) in [7, 11) is 0. The molecule has 0 saturated heterocycles. The average Bonchev–Trinajstić information content (AvgIpc) is 2.82. The van der Waals surface area contributed by atoms with E-state index in [1.807, 2.05) is 0 Å². The number of allylic oxidation sites excluding steroid dienone is 1. The molecule has 0 aliphatic heterocycles. The highest BCUT2D eigenvalue weighted by molar-refractivity contribution is 6.30. The van der Waals surface area contributed by atoms with Gasteiger partial charge in [-0.2, -0.15) is 0 Å². The maximum Gasteiger partial charge on any atom is 0.132 e. The highest BCUT2D eigenvalue weighted by Gasteiger charge is 2.63. The lowest BCUT2D eigenvalue weighted by Gasteiger charge is -2.59. The second-order valence-electron chi connectivity index (χ2n) is 9.73. The van der Waals surface area contributed by atoms with Gasteiger partial charge in [-0.15, -0.1) is 0 Å². The summed E-state index contributed by atoms with van der Waals surface area (Å²) in [5.74, 6) is 4.80. The van der Waals surface area contributed by atoms with Gasteiger partial charge >= 0.3 is 0 Å². The van der Waals surface area contributed by atoms with E-state index in [0.717, 1.165) is 51.4 Å². The molecular weight excluding hydrogens is 332 g/mol. The van der Waals surface area contributed by atoms with E-state index in [0.29, 0.717) is 17.8 Å². The normalized spacial score (nSPS) is 51.9. The lowest BCUT2D eigenvalue weighted by atomic mass is 9.46. The smallest absolute Gasteiger partial charge is 0.132 e. The molecule has 3 saturated carbocycles. The van der Waals surface area contributed by atoms with Gasteiger partial charge in [-0.3, -0.25) is 0 Å². The Hall–Kier alpha value is -0.490. The molecule has 4 aliphatic rings. The van der Waals surface area contributed by atoms with Gasteiger partial charge in [-0.25, -0.2) is 0 Å². The molecule has 0 heterocycles. The molecule has 2 N–H and O–H groups in total. The van der Waals surface area contributed by atoms with Crippen molar-refractivity contribution in [2.24, 2.45) is 28.6 Å². The minimum Gasteiger partial charge on any atom is -0.393 e. The van der Waals surface area contributed by atoms with Crippen LogP contribution in [0.5, 0.6) is 0 Å². The second-order valence-corrected chi connectivity index (χ2v) is 9.92. The van der Waals surface area contributed by atoms with Gasteiger partial charge in [0.15, 0.2) is 0 Å². The van der Waals surface area contributed by atoms with Gasteiger partial charge in [0.25, 0.3) is 0 Å². The fraction of sp³-hybridized carbons (Fsp3) is 0.818. The molecule has 0 aromatic carbocycles. The third kappa shape index (κ3) is 2.32. The van der Waals surface area contributed by atoms with E-state index in [1.165, 1.54) is 5.57 Å². The molecule has 7 unspecified atom stereocenters. The summed E-state index contributed by atoms with van der Waals surface area (Å²) < 4.78 is 0. The zero-order chi connectivity index (χ0) is 18.0. The van der Waals surface area contributed by atoms with Crippen LogP contribution in [-0.4, -0.2) is 21.9 Å². The van der Waals surface area contributed by atoms with Gasteiger partial charge < -0.3 is 10.2 Å². The topological polar surface area (TPSA) is 40.5 Å². The third-order valence-corrected chi connectivity index (χ3v) is 8.94. The fourth-order valence-corrected chi connectivity index (χ4v) is 7.55. The van der Waals surface area contributed by atoms with Crippen LogP contribution in [0.3, 0.4) is 0 Å². The first-order valence-electron chi connectivity index (χ1n) is 9.97. The van der Waals surface area contributed by atoms with E-state index in [-0.39, 0.29) is 16.9 Å². The maximum absolute atomic E-state index is 11.2. The average molecular weight is 363 g/mol. The molecule has 0 amide bonds. The predicted molar refractivity (Wildman–Crippen MR) is 101 cm³/mol. The molecule has 0 bridgehead atoms. The molecule has 4 aliphatic carbocycles. The number of hydrogen-bond donors (Lipinski definition) is 2. The number of fused-ring (bicyclic) bond motifs is 5. The Bertz CT molecular complexity index is 673. The lowest BCUT2D eigenvalue weighted by Crippen LogP contribution is -2.54. The Kier molecular flexibility index (Phi) is 4.12. The van der Waals surface area contributed by atoms with Crippen LogP contribution in [0.1, 0.15) is 72.1 Å². The van der Waals surface area contributed by atoms with Crippen molar-refractivity contribution in [3.63, 3.8) is 0 Å². The molecule has 2 nitrogen and oxygen atoms in total. The van der Waals surface area contributed by atoms with Crippen LogP contribution in [0.4, 0.5) is 0 Å². The summed E-state index contributed by atoms with van der Waals surface area (Å²) in [6.45, 7) is 6.99. The summed E-state index contributed by atoms with van der Waals surface area (Å²) in [6, 6.07) is 0. The van der Waals surface area contributed by atoms with E-state index in [9.17, 15) is 10.2 Å². The SMILES string of the molecule is CC1=C2CC(O)CCC2(C)C2CCC3(C)C(CCC3(O)C#CCl)C2C1. The van der Waals surface area contributed by atoms with E-state index < -0.39 is 5.60 Å². The lowest BCUT2D eigenvalue weighted by molar-refractivity contribution is -0.0983. The van der Waals surface area contributed by atoms with Crippen LogP contribution < -0.4 is 0 Å². The largest absolute Gasteiger partial charge is 0.393 e. The first-order valence-corrected chi connectivity index (χ1v) is 10.4. The molecule has 0 aromatic heterocycles. The summed E-state index contributed by atoms with van der Waals surface area (Å²) in [5.41, 5.74) is 2.23. The molecule has 4 rings (SSSR count). The first kappa shape index (κ1) is 17.9. The Morgan fingerprint density at radius 2 is 1.76 bits per heavy atom. The van der Waals surface area contributed by atoms with Gasteiger partial charge in [0.2, 0.25) is 0 Å². The van der Waals surface area contributed by atoms with Gasteiger partial charge in [0, 0.05) is 10.8 Å². The monoisotopic (exact) mass is 362 g/mol. The molecule has 0 radical (unpaired) electrons. The molecule has 0 spiro atoms. The molecule has 3 fully saturated rings. The fourth-order valence-electron chi connectivity index (χ4n) is 7.40. The molecular formula is C22H31ClO2. The standard InChI is InChI=1S/C22H31ClO2/c1-14-12-16-17(20(2)7-4-15(24)13-19(14)20)5-8-21(3)18(16)6-9-22(21,25)10-11-23/h15-18,24-25H,4-9,12-13H2,1-3H3. The van der Waals surface area contributed by atoms with Crippen LogP contribution in [0.25, 0.3) is 0 Å². The summed E-state index contributed by atoms with van der Waals surface area (Å²) in [5, 5.41) is 23.9. The van der Waals surface area contributed by atoms with Crippen LogP contribution >= 0.6 is 11.6 Å². The van der Waals surface area contributed by atoms with Crippen molar-refractivity contribution in [3.8, 4) is 11.3 Å². The van der Waals surface area contributed by atoms with Gasteiger partial charge in [-0.05, 0) is 93.1 Å². The van der Waals surface area contributed by atoms with Crippen molar-refractivity contribution in [1.82, 2.24) is 0 Å². The van der Waals surface area contributed by atoms with Gasteiger partial charge in [0.1, 0.15) is 5.60 Å². The van der Waals surface area contributed by atoms with E-state index in [1.54, 1.807) is 5.57 Å². The summed E-state index contributed by atoms with van der Waals surface area (Å²) >= 11 is 5.70. The highest BCUT2D eigenvalue weighted by atomic mass is 35.5. The van der Waals surface area contributed by atoms with E-state index >= 15 is 0 Å². The molecule has 0 aromatic rings. The minimum atomic E-state index is -0.925. The molecule has 138 valence electrons. The van der Waals surface area contributed by atoms with Crippen LogP contribution in [-0.2, 0) is 0 Å². The number of halogens is 1. The number of rotatable bonds is 0. The highest BCUT2D eigenvalue weighted by Crippen LogP contribution is 2.67. The van der Waals surface area contributed by atoms with Crippen molar-refractivity contribution in [1.29, 1.82) is 0 Å². The maximum atomic E-state index is 11.2. The van der Waals surface area contributed by atoms with Crippen molar-refractivity contribution in [2.75, 3.05) is 0 Å². The Morgan fingerprint density at radius 1 is 1.04 bits per heavy atom. The molecule has 7 atom stereocenters. The zero-order valence-corrected chi connectivity index (χ0v) is 16.5. The van der Waals surface area contributed by atoms with Crippen molar-refractivity contribution >= 4 is 11.6 Å². The third-order valence-electron chi connectivity index (χ3n) is 8.84. The minimum absolute atomic E-state index is 0.140. The number of hydrogen-bond acceptors (Lipinski definition) is 2. The predicted octanol–water partition coefficient (Wildman–Crippen LogP) is 4.63. The molecule has 3 heteroatoms. The Morgan fingerprint density at radius 3 is 2.48 bits per heavy atom. The van der Waals surface area contributed by atoms with E-state index in [2.05, 4.69) is 32.1 Å². The quantitative estimate of drug-likeness (QED) is 0.487. The summed E-state index contributed by atoms with van der Waals surface area (Å²) in [6.07, 6.45) is 7.89. The second kappa shape index (κ2) is 5.75. The van der Waals surface area contributed by atoms with Crippen LogP contribution in [0.15, 0.2) is 11.1 Å². The summed E-state index contributed by atoms with van der Waals surface area (Å²) in [4.78, 5) is 0. The zero-order valence-electron chi connectivity index (χ0n) is 15.7. The van der Waals surface area contributed by atoms with Crippen molar-refractivity contribution in [2.45, 2.75) is 83.8 Å². The number of aliphatic hydroxyl groups excluding tert-OH is 1. The van der Waals surface area contributed by atoms with Crippen molar-refractivity contribution in [3.05, 3.63) is 11.1 Å². The van der Waals surface area contributed by atoms with Crippen LogP contribution in [0.2, 0.25) is 0 Å². The first-order chi connectivity index (χ1) is 11.7. The Balaban J connectivity index is 1.73. The van der Waals surface area contributed by atoms with Gasteiger partial charge in [-0.1, -0.05) is 30.9 Å². The molecule has 25 heavy (non-hydrogen) atoms. The van der Waals surface area contributed by atoms with Gasteiger partial charge in [0.05, 0.1) is 6.10 Å². The van der Waals surface area contributed by atoms with Crippen LogP contribution in [0, 0.1) is 39.9 Å². The Labute approximate surface area is 157 Å².